The van der Waals surface area contributed by atoms with E-state index in [0.717, 1.165) is 17.6 Å². The molecule has 20 heavy (non-hydrogen) atoms. The van der Waals surface area contributed by atoms with E-state index in [9.17, 15) is 13.2 Å². The van der Waals surface area contributed by atoms with Gasteiger partial charge in [-0.05, 0) is 18.1 Å². The Morgan fingerprint density at radius 1 is 1.20 bits per heavy atom. The highest BCUT2D eigenvalue weighted by Gasteiger charge is 2.05. The summed E-state index contributed by atoms with van der Waals surface area (Å²) in [4.78, 5) is 11.4. The molecule has 0 aliphatic rings. The first-order chi connectivity index (χ1) is 9.42. The molecule has 2 amide bonds. The predicted molar refractivity (Wildman–Crippen MR) is 77.8 cm³/mol. The Kier molecular flexibility index (Phi) is 6.30. The molecule has 0 atom stereocenters. The predicted octanol–water partition coefficient (Wildman–Crippen LogP) is 0.582. The third-order valence-electron chi connectivity index (χ3n) is 2.63. The zero-order valence-corrected chi connectivity index (χ0v) is 12.5. The number of urea groups is 1. The molecule has 1 aromatic carbocycles. The van der Waals surface area contributed by atoms with Gasteiger partial charge in [0, 0.05) is 19.3 Å². The molecule has 0 saturated carbocycles. The minimum Gasteiger partial charge on any atom is -0.496 e. The SMILES string of the molecule is COc1ccccc1CCNC(=O)NCCS(C)(=O)=O. The standard InChI is InChI=1S/C13H20N2O4S/c1-19-12-6-4-3-5-11(12)7-8-14-13(16)15-9-10-20(2,17)18/h3-6H,7-10H2,1-2H3,(H2,14,15,16). The molecule has 0 radical (unpaired) electrons. The topological polar surface area (TPSA) is 84.5 Å². The second-order valence-corrected chi connectivity index (χ2v) is 6.63. The van der Waals surface area contributed by atoms with Crippen molar-refractivity contribution in [1.82, 2.24) is 10.6 Å². The monoisotopic (exact) mass is 300 g/mol. The van der Waals surface area contributed by atoms with Crippen molar-refractivity contribution in [3.8, 4) is 5.75 Å². The van der Waals surface area contributed by atoms with E-state index in [-0.39, 0.29) is 18.3 Å². The van der Waals surface area contributed by atoms with E-state index < -0.39 is 9.84 Å². The maximum Gasteiger partial charge on any atom is 0.314 e. The highest BCUT2D eigenvalue weighted by atomic mass is 32.2. The molecule has 0 saturated heterocycles. The number of carbonyl (C=O) groups excluding carboxylic acids is 1. The maximum atomic E-state index is 11.4. The molecule has 1 rings (SSSR count). The van der Waals surface area contributed by atoms with Gasteiger partial charge in [0.2, 0.25) is 0 Å². The van der Waals surface area contributed by atoms with Gasteiger partial charge in [-0.25, -0.2) is 13.2 Å². The molecule has 0 spiro atoms. The Hall–Kier alpha value is -1.76. The molecule has 0 aromatic heterocycles. The van der Waals surface area contributed by atoms with Crippen LogP contribution < -0.4 is 15.4 Å². The van der Waals surface area contributed by atoms with E-state index in [1.807, 2.05) is 24.3 Å². The third kappa shape index (κ3) is 6.42. The summed E-state index contributed by atoms with van der Waals surface area (Å²) in [6.45, 7) is 0.560. The number of methoxy groups -OCH3 is 1. The summed E-state index contributed by atoms with van der Waals surface area (Å²) in [7, 11) is -1.45. The highest BCUT2D eigenvalue weighted by molar-refractivity contribution is 7.90. The number of rotatable bonds is 7. The molecular weight excluding hydrogens is 280 g/mol. The van der Waals surface area contributed by atoms with Gasteiger partial charge in [-0.1, -0.05) is 18.2 Å². The lowest BCUT2D eigenvalue weighted by Gasteiger charge is -2.09. The van der Waals surface area contributed by atoms with Gasteiger partial charge in [0.25, 0.3) is 0 Å². The number of nitrogens with one attached hydrogen (secondary N) is 2. The molecule has 0 bridgehead atoms. The Balaban J connectivity index is 2.28. The molecule has 0 aliphatic heterocycles. The van der Waals surface area contributed by atoms with E-state index in [4.69, 9.17) is 4.74 Å². The Morgan fingerprint density at radius 2 is 1.85 bits per heavy atom. The van der Waals surface area contributed by atoms with Crippen molar-refractivity contribution in [3.63, 3.8) is 0 Å². The molecule has 7 heteroatoms. The van der Waals surface area contributed by atoms with Crippen LogP contribution in [0.25, 0.3) is 0 Å². The molecular formula is C13H20N2O4S. The van der Waals surface area contributed by atoms with E-state index in [2.05, 4.69) is 10.6 Å². The van der Waals surface area contributed by atoms with Crippen molar-refractivity contribution in [2.75, 3.05) is 32.2 Å². The summed E-state index contributed by atoms with van der Waals surface area (Å²) in [5.74, 6) is 0.721. The first kappa shape index (κ1) is 16.3. The molecule has 0 unspecified atom stereocenters. The number of hydrogen-bond donors (Lipinski definition) is 2. The number of amides is 2. The molecule has 112 valence electrons. The number of ether oxygens (including phenoxy) is 1. The van der Waals surface area contributed by atoms with Crippen molar-refractivity contribution in [2.24, 2.45) is 0 Å². The molecule has 1 aromatic rings. The third-order valence-corrected chi connectivity index (χ3v) is 3.58. The van der Waals surface area contributed by atoms with Crippen molar-refractivity contribution < 1.29 is 17.9 Å². The van der Waals surface area contributed by atoms with Crippen molar-refractivity contribution >= 4 is 15.9 Å². The van der Waals surface area contributed by atoms with Gasteiger partial charge in [0.05, 0.1) is 12.9 Å². The lowest BCUT2D eigenvalue weighted by atomic mass is 10.1. The molecule has 0 aliphatic carbocycles. The van der Waals surface area contributed by atoms with E-state index >= 15 is 0 Å². The quantitative estimate of drug-likeness (QED) is 0.771. The Morgan fingerprint density at radius 3 is 2.50 bits per heavy atom. The average Bonchev–Trinajstić information content (AvgIpc) is 2.38. The van der Waals surface area contributed by atoms with Gasteiger partial charge in [0.15, 0.2) is 0 Å². The number of sulfone groups is 1. The summed E-state index contributed by atoms with van der Waals surface area (Å²) in [5.41, 5.74) is 1.01. The number of carbonyl (C=O) groups is 1. The summed E-state index contributed by atoms with van der Waals surface area (Å²) < 4.78 is 27.0. The lowest BCUT2D eigenvalue weighted by molar-refractivity contribution is 0.241. The maximum absolute atomic E-state index is 11.4. The smallest absolute Gasteiger partial charge is 0.314 e. The van der Waals surface area contributed by atoms with Crippen LogP contribution in [-0.4, -0.2) is 46.7 Å². The molecule has 0 heterocycles. The van der Waals surface area contributed by atoms with E-state index in [0.29, 0.717) is 13.0 Å². The van der Waals surface area contributed by atoms with E-state index in [1.54, 1.807) is 7.11 Å². The average molecular weight is 300 g/mol. The summed E-state index contributed by atoms with van der Waals surface area (Å²) >= 11 is 0. The highest BCUT2D eigenvalue weighted by Crippen LogP contribution is 2.17. The van der Waals surface area contributed by atoms with Crippen LogP contribution in [0, 0.1) is 0 Å². The van der Waals surface area contributed by atoms with Crippen LogP contribution in [0.1, 0.15) is 5.56 Å². The Bertz CT molecular complexity index is 543. The van der Waals surface area contributed by atoms with Crippen molar-refractivity contribution in [1.29, 1.82) is 0 Å². The summed E-state index contributed by atoms with van der Waals surface area (Å²) in [5, 5.41) is 5.16. The first-order valence-corrected chi connectivity index (χ1v) is 8.30. The summed E-state index contributed by atoms with van der Waals surface area (Å²) in [6, 6.07) is 7.21. The normalized spacial score (nSPS) is 10.9. The van der Waals surface area contributed by atoms with Crippen LogP contribution in [-0.2, 0) is 16.3 Å². The number of para-hydroxylation sites is 1. The van der Waals surface area contributed by atoms with Gasteiger partial charge in [0.1, 0.15) is 15.6 Å². The Labute approximate surface area is 119 Å². The second kappa shape index (κ2) is 7.74. The zero-order valence-electron chi connectivity index (χ0n) is 11.7. The molecule has 6 nitrogen and oxygen atoms in total. The van der Waals surface area contributed by atoms with Gasteiger partial charge in [-0.2, -0.15) is 0 Å². The molecule has 0 fully saturated rings. The minimum atomic E-state index is -3.05. The van der Waals surface area contributed by atoms with Crippen molar-refractivity contribution in [3.05, 3.63) is 29.8 Å². The lowest BCUT2D eigenvalue weighted by Crippen LogP contribution is -2.38. The van der Waals surface area contributed by atoms with Gasteiger partial charge in [-0.15, -0.1) is 0 Å². The van der Waals surface area contributed by atoms with Crippen LogP contribution in [0.4, 0.5) is 4.79 Å². The summed E-state index contributed by atoms with van der Waals surface area (Å²) in [6.07, 6.45) is 1.78. The minimum absolute atomic E-state index is 0.0626. The first-order valence-electron chi connectivity index (χ1n) is 6.23. The van der Waals surface area contributed by atoms with Gasteiger partial charge >= 0.3 is 6.03 Å². The fourth-order valence-corrected chi connectivity index (χ4v) is 2.11. The van der Waals surface area contributed by atoms with Crippen LogP contribution in [0.3, 0.4) is 0 Å². The van der Waals surface area contributed by atoms with Crippen LogP contribution in [0.15, 0.2) is 24.3 Å². The van der Waals surface area contributed by atoms with E-state index in [1.165, 1.54) is 0 Å². The largest absolute Gasteiger partial charge is 0.496 e. The van der Waals surface area contributed by atoms with Crippen molar-refractivity contribution in [2.45, 2.75) is 6.42 Å². The fraction of sp³-hybridized carbons (Fsp3) is 0.462. The van der Waals surface area contributed by atoms with Crippen LogP contribution in [0.5, 0.6) is 5.75 Å². The van der Waals surface area contributed by atoms with Gasteiger partial charge < -0.3 is 15.4 Å². The number of hydrogen-bond acceptors (Lipinski definition) is 4. The second-order valence-electron chi connectivity index (χ2n) is 4.37. The van der Waals surface area contributed by atoms with Gasteiger partial charge in [-0.3, -0.25) is 0 Å². The number of benzene rings is 1. The van der Waals surface area contributed by atoms with Crippen LogP contribution >= 0.6 is 0 Å². The zero-order chi connectivity index (χ0) is 15.0. The molecule has 2 N–H and O–H groups in total. The fourth-order valence-electron chi connectivity index (χ4n) is 1.63. The van der Waals surface area contributed by atoms with Crippen LogP contribution in [0.2, 0.25) is 0 Å².